The maximum Gasteiger partial charge on any atom is 0.263 e. The first kappa shape index (κ1) is 19.1. The molecule has 0 spiro atoms. The van der Waals surface area contributed by atoms with E-state index >= 15 is 0 Å². The molecule has 0 saturated heterocycles. The van der Waals surface area contributed by atoms with Gasteiger partial charge in [0, 0.05) is 19.2 Å². The van der Waals surface area contributed by atoms with Crippen molar-refractivity contribution < 1.29 is 14.3 Å². The summed E-state index contributed by atoms with van der Waals surface area (Å²) in [5.74, 6) is 0.969. The number of nitrogens with zero attached hydrogens (tertiary/aromatic N) is 3. The Morgan fingerprint density at radius 2 is 2.03 bits per heavy atom. The number of benzene rings is 1. The Labute approximate surface area is 171 Å². The fourth-order valence-electron chi connectivity index (χ4n) is 3.11. The third-order valence-corrected chi connectivity index (χ3v) is 5.48. The highest BCUT2D eigenvalue weighted by atomic mass is 32.1. The van der Waals surface area contributed by atoms with Gasteiger partial charge >= 0.3 is 0 Å². The lowest BCUT2D eigenvalue weighted by molar-refractivity contribution is 0.0951. The highest BCUT2D eigenvalue weighted by molar-refractivity contribution is 7.11. The molecule has 29 heavy (non-hydrogen) atoms. The Morgan fingerprint density at radius 3 is 2.83 bits per heavy atom. The number of carbonyl (C=O) groups excluding carboxylic acids is 1. The molecular formula is C20H20N4O4S. The van der Waals surface area contributed by atoms with Crippen molar-refractivity contribution in [3.63, 3.8) is 0 Å². The quantitative estimate of drug-likeness (QED) is 0.666. The van der Waals surface area contributed by atoms with Crippen LogP contribution in [0, 0.1) is 13.8 Å². The van der Waals surface area contributed by atoms with Crippen LogP contribution in [0.3, 0.4) is 0 Å². The minimum absolute atomic E-state index is 0.154. The molecule has 1 amide bonds. The van der Waals surface area contributed by atoms with E-state index in [9.17, 15) is 9.59 Å². The summed E-state index contributed by atoms with van der Waals surface area (Å²) in [4.78, 5) is 25.6. The molecule has 9 heteroatoms. The van der Waals surface area contributed by atoms with Crippen LogP contribution in [-0.4, -0.2) is 34.0 Å². The Balaban J connectivity index is 1.48. The molecule has 1 aromatic carbocycles. The number of fused-ring (bicyclic) bond motifs is 1. The second-order valence-corrected chi connectivity index (χ2v) is 7.98. The van der Waals surface area contributed by atoms with Crippen molar-refractivity contribution in [2.75, 3.05) is 13.3 Å². The van der Waals surface area contributed by atoms with Gasteiger partial charge < -0.3 is 19.4 Å². The normalized spacial score (nSPS) is 12.2. The zero-order valence-corrected chi connectivity index (χ0v) is 16.9. The maximum absolute atomic E-state index is 12.9. The first-order valence-corrected chi connectivity index (χ1v) is 9.98. The lowest BCUT2D eigenvalue weighted by Crippen LogP contribution is -2.35. The van der Waals surface area contributed by atoms with Crippen LogP contribution < -0.4 is 20.3 Å². The lowest BCUT2D eigenvalue weighted by atomic mass is 10.1. The number of hydrogen-bond acceptors (Lipinski definition) is 7. The molecule has 150 valence electrons. The van der Waals surface area contributed by atoms with Gasteiger partial charge in [0.2, 0.25) is 6.79 Å². The van der Waals surface area contributed by atoms with Crippen molar-refractivity contribution in [1.29, 1.82) is 0 Å². The van der Waals surface area contributed by atoms with Crippen LogP contribution in [0.1, 0.15) is 31.5 Å². The average molecular weight is 412 g/mol. The molecule has 1 N–H and O–H groups in total. The summed E-state index contributed by atoms with van der Waals surface area (Å²) in [7, 11) is 0. The van der Waals surface area contributed by atoms with Crippen LogP contribution in [0.2, 0.25) is 0 Å². The number of amides is 1. The summed E-state index contributed by atoms with van der Waals surface area (Å²) in [5.41, 5.74) is 1.35. The zero-order chi connectivity index (χ0) is 20.4. The van der Waals surface area contributed by atoms with E-state index in [1.165, 1.54) is 15.9 Å². The fraction of sp³-hybridized carbons (Fsp3) is 0.300. The van der Waals surface area contributed by atoms with Crippen LogP contribution in [0.15, 0.2) is 35.3 Å². The molecule has 0 atom stereocenters. The van der Waals surface area contributed by atoms with Gasteiger partial charge in [0.05, 0.1) is 6.54 Å². The minimum Gasteiger partial charge on any atom is -0.454 e. The van der Waals surface area contributed by atoms with Gasteiger partial charge in [0.1, 0.15) is 15.6 Å². The van der Waals surface area contributed by atoms with E-state index in [0.29, 0.717) is 36.6 Å². The summed E-state index contributed by atoms with van der Waals surface area (Å²) in [6.07, 6.45) is 2.28. The molecule has 0 unspecified atom stereocenters. The van der Waals surface area contributed by atoms with Crippen LogP contribution in [0.4, 0.5) is 0 Å². The van der Waals surface area contributed by atoms with Crippen molar-refractivity contribution >= 4 is 17.2 Å². The van der Waals surface area contributed by atoms with E-state index in [4.69, 9.17) is 9.47 Å². The summed E-state index contributed by atoms with van der Waals surface area (Å²) >= 11 is 1.50. The SMILES string of the molecule is Cc1nnc(CCNC(=O)c2c(C)ccn(Cc3ccc4c(c3)OCO4)c2=O)s1. The van der Waals surface area contributed by atoms with Gasteiger partial charge in [0.25, 0.3) is 11.5 Å². The second-order valence-electron chi connectivity index (χ2n) is 6.72. The molecule has 2 aromatic heterocycles. The van der Waals surface area contributed by atoms with Gasteiger partial charge in [-0.25, -0.2) is 0 Å². The number of rotatable bonds is 6. The molecule has 0 bridgehead atoms. The first-order chi connectivity index (χ1) is 14.0. The Bertz CT molecular complexity index is 1120. The summed E-state index contributed by atoms with van der Waals surface area (Å²) in [6, 6.07) is 7.32. The molecule has 0 fully saturated rings. The number of nitrogens with one attached hydrogen (secondary N) is 1. The third-order valence-electron chi connectivity index (χ3n) is 4.58. The minimum atomic E-state index is -0.381. The molecule has 1 aliphatic rings. The predicted molar refractivity (Wildman–Crippen MR) is 108 cm³/mol. The van der Waals surface area contributed by atoms with Gasteiger partial charge in [-0.3, -0.25) is 9.59 Å². The maximum atomic E-state index is 12.9. The largest absolute Gasteiger partial charge is 0.454 e. The van der Waals surface area contributed by atoms with Crippen molar-refractivity contribution in [2.45, 2.75) is 26.8 Å². The van der Waals surface area contributed by atoms with Gasteiger partial charge in [-0.1, -0.05) is 6.07 Å². The van der Waals surface area contributed by atoms with E-state index < -0.39 is 0 Å². The van der Waals surface area contributed by atoms with Crippen LogP contribution in [0.5, 0.6) is 11.5 Å². The summed E-state index contributed by atoms with van der Waals surface area (Å²) in [6.45, 7) is 4.57. The molecule has 0 aliphatic carbocycles. The van der Waals surface area contributed by atoms with E-state index in [2.05, 4.69) is 15.5 Å². The standard InChI is InChI=1S/C20H20N4O4S/c1-12-6-8-24(10-14-3-4-15-16(9-14)28-11-27-15)20(26)18(12)19(25)21-7-5-17-23-22-13(2)29-17/h3-4,6,8-9H,5,7,10-11H2,1-2H3,(H,21,25). The van der Waals surface area contributed by atoms with E-state index in [1.54, 1.807) is 19.2 Å². The Hall–Kier alpha value is -3.20. The van der Waals surface area contributed by atoms with Crippen molar-refractivity contribution in [1.82, 2.24) is 20.1 Å². The molecular weight excluding hydrogens is 392 g/mol. The average Bonchev–Trinajstić information content (AvgIpc) is 3.32. The summed E-state index contributed by atoms with van der Waals surface area (Å²) < 4.78 is 12.2. The molecule has 1 aliphatic heterocycles. The molecule has 3 aromatic rings. The first-order valence-electron chi connectivity index (χ1n) is 9.17. The van der Waals surface area contributed by atoms with Crippen LogP contribution in [-0.2, 0) is 13.0 Å². The second kappa shape index (κ2) is 8.04. The van der Waals surface area contributed by atoms with E-state index in [1.807, 2.05) is 25.1 Å². The van der Waals surface area contributed by atoms with Gasteiger partial charge in [-0.15, -0.1) is 21.5 Å². The van der Waals surface area contributed by atoms with Crippen molar-refractivity contribution in [3.05, 3.63) is 67.5 Å². The van der Waals surface area contributed by atoms with Crippen molar-refractivity contribution in [2.24, 2.45) is 0 Å². The smallest absolute Gasteiger partial charge is 0.263 e. The van der Waals surface area contributed by atoms with E-state index in [0.717, 1.165) is 15.6 Å². The van der Waals surface area contributed by atoms with E-state index in [-0.39, 0.29) is 23.8 Å². The monoisotopic (exact) mass is 412 g/mol. The fourth-order valence-corrected chi connectivity index (χ4v) is 3.82. The number of carbonyl (C=O) groups is 1. The number of pyridine rings is 1. The topological polar surface area (TPSA) is 95.3 Å². The van der Waals surface area contributed by atoms with Crippen molar-refractivity contribution in [3.8, 4) is 11.5 Å². The molecule has 8 nitrogen and oxygen atoms in total. The van der Waals surface area contributed by atoms with Gasteiger partial charge in [-0.05, 0) is 43.2 Å². The highest BCUT2D eigenvalue weighted by Crippen LogP contribution is 2.32. The Morgan fingerprint density at radius 1 is 1.21 bits per heavy atom. The van der Waals surface area contributed by atoms with Crippen LogP contribution in [0.25, 0.3) is 0 Å². The molecule has 3 heterocycles. The third kappa shape index (κ3) is 4.14. The van der Waals surface area contributed by atoms with Gasteiger partial charge in [-0.2, -0.15) is 0 Å². The summed E-state index contributed by atoms with van der Waals surface area (Å²) in [5, 5.41) is 12.6. The Kier molecular flexibility index (Phi) is 5.30. The number of hydrogen-bond donors (Lipinski definition) is 1. The highest BCUT2D eigenvalue weighted by Gasteiger charge is 2.17. The van der Waals surface area contributed by atoms with Gasteiger partial charge in [0.15, 0.2) is 11.5 Å². The number of ether oxygens (including phenoxy) is 2. The lowest BCUT2D eigenvalue weighted by Gasteiger charge is -2.11. The molecule has 4 rings (SSSR count). The number of aryl methyl sites for hydroxylation is 2. The number of aromatic nitrogens is 3. The van der Waals surface area contributed by atoms with Crippen LogP contribution >= 0.6 is 11.3 Å². The zero-order valence-electron chi connectivity index (χ0n) is 16.1. The molecule has 0 radical (unpaired) electrons. The predicted octanol–water partition coefficient (Wildman–Crippen LogP) is 2.07. The molecule has 0 saturated carbocycles.